The molecule has 0 saturated heterocycles. The Bertz CT molecular complexity index is 400. The molecule has 0 amide bonds. The summed E-state index contributed by atoms with van der Waals surface area (Å²) >= 11 is 0. The Labute approximate surface area is 95.0 Å². The molecule has 16 heavy (non-hydrogen) atoms. The quantitative estimate of drug-likeness (QED) is 0.498. The van der Waals surface area contributed by atoms with Crippen LogP contribution in [0.5, 0.6) is 5.75 Å². The number of aliphatic hydroxyl groups excluding tert-OH is 1. The minimum absolute atomic E-state index is 0.0559. The molecule has 88 valence electrons. The largest absolute Gasteiger partial charge is 0.540 e. The summed E-state index contributed by atoms with van der Waals surface area (Å²) in [7, 11) is -1.90. The van der Waals surface area contributed by atoms with Crippen LogP contribution in [0.15, 0.2) is 18.2 Å². The van der Waals surface area contributed by atoms with E-state index in [0.29, 0.717) is 5.56 Å². The van der Waals surface area contributed by atoms with E-state index in [1.165, 1.54) is 18.2 Å². The second-order valence-electron chi connectivity index (χ2n) is 4.43. The topological polar surface area (TPSA) is 72.6 Å². The SMILES string of the molecule is C[Si](C)(C)Oc1cc(CO)ccc1[N+](=O)[O-]. The van der Waals surface area contributed by atoms with Gasteiger partial charge in [0.15, 0.2) is 5.75 Å². The number of benzene rings is 1. The van der Waals surface area contributed by atoms with Gasteiger partial charge in [-0.15, -0.1) is 0 Å². The molecule has 0 bridgehead atoms. The maximum atomic E-state index is 10.8. The van der Waals surface area contributed by atoms with Crippen molar-refractivity contribution in [2.75, 3.05) is 0 Å². The van der Waals surface area contributed by atoms with Gasteiger partial charge < -0.3 is 9.53 Å². The van der Waals surface area contributed by atoms with Gasteiger partial charge in [0.1, 0.15) is 0 Å². The highest BCUT2D eigenvalue weighted by Gasteiger charge is 2.23. The van der Waals surface area contributed by atoms with Crippen LogP contribution >= 0.6 is 0 Å². The molecule has 0 saturated carbocycles. The fourth-order valence-electron chi connectivity index (χ4n) is 1.22. The molecule has 5 nitrogen and oxygen atoms in total. The molecule has 0 aliphatic carbocycles. The highest BCUT2D eigenvalue weighted by molar-refractivity contribution is 6.70. The molecule has 0 unspecified atom stereocenters. The summed E-state index contributed by atoms with van der Waals surface area (Å²) in [4.78, 5) is 10.3. The fraction of sp³-hybridized carbons (Fsp3) is 0.400. The predicted octanol–water partition coefficient (Wildman–Crippen LogP) is 2.30. The normalized spacial score (nSPS) is 11.2. The summed E-state index contributed by atoms with van der Waals surface area (Å²) in [6.45, 7) is 5.69. The van der Waals surface area contributed by atoms with E-state index < -0.39 is 13.2 Å². The third-order valence-corrected chi connectivity index (χ3v) is 2.65. The molecular weight excluding hydrogens is 226 g/mol. The van der Waals surface area contributed by atoms with Gasteiger partial charge in [-0.1, -0.05) is 0 Å². The molecule has 1 rings (SSSR count). The summed E-state index contributed by atoms with van der Waals surface area (Å²) in [6.07, 6.45) is 0. The van der Waals surface area contributed by atoms with Crippen LogP contribution in [-0.4, -0.2) is 18.3 Å². The first-order valence-electron chi connectivity index (χ1n) is 4.90. The first-order chi connectivity index (χ1) is 7.33. The molecule has 0 aromatic heterocycles. The molecule has 0 fully saturated rings. The van der Waals surface area contributed by atoms with E-state index in [1.54, 1.807) is 0 Å². The van der Waals surface area contributed by atoms with Crippen LogP contribution in [0, 0.1) is 10.1 Å². The van der Waals surface area contributed by atoms with Crippen molar-refractivity contribution in [3.05, 3.63) is 33.9 Å². The number of hydrogen-bond acceptors (Lipinski definition) is 4. The van der Waals surface area contributed by atoms with Gasteiger partial charge in [0, 0.05) is 6.07 Å². The maximum absolute atomic E-state index is 10.8. The minimum atomic E-state index is -1.90. The van der Waals surface area contributed by atoms with Crippen LogP contribution in [0.2, 0.25) is 19.6 Å². The first kappa shape index (κ1) is 12.7. The van der Waals surface area contributed by atoms with Crippen molar-refractivity contribution in [3.8, 4) is 5.75 Å². The van der Waals surface area contributed by atoms with Gasteiger partial charge in [-0.05, 0) is 37.3 Å². The Morgan fingerprint density at radius 3 is 2.50 bits per heavy atom. The number of aliphatic hydroxyl groups is 1. The Hall–Kier alpha value is -1.40. The molecule has 6 heteroatoms. The van der Waals surface area contributed by atoms with Gasteiger partial charge in [-0.3, -0.25) is 10.1 Å². The lowest BCUT2D eigenvalue weighted by Crippen LogP contribution is -2.29. The Balaban J connectivity index is 3.15. The van der Waals surface area contributed by atoms with Crippen LogP contribution in [0.25, 0.3) is 0 Å². The number of nitro groups is 1. The summed E-state index contributed by atoms with van der Waals surface area (Å²) in [5.74, 6) is 0.246. The van der Waals surface area contributed by atoms with Crippen LogP contribution in [-0.2, 0) is 6.61 Å². The third kappa shape index (κ3) is 3.32. The highest BCUT2D eigenvalue weighted by atomic mass is 28.4. The Kier molecular flexibility index (Phi) is 3.66. The van der Waals surface area contributed by atoms with Gasteiger partial charge in [0.25, 0.3) is 0 Å². The zero-order valence-corrected chi connectivity index (χ0v) is 10.6. The second-order valence-corrected chi connectivity index (χ2v) is 8.86. The third-order valence-electron chi connectivity index (χ3n) is 1.82. The van der Waals surface area contributed by atoms with E-state index >= 15 is 0 Å². The summed E-state index contributed by atoms with van der Waals surface area (Å²) in [5, 5.41) is 19.8. The predicted molar refractivity (Wildman–Crippen MR) is 63.0 cm³/mol. The van der Waals surface area contributed by atoms with Gasteiger partial charge in [0.05, 0.1) is 11.5 Å². The number of rotatable bonds is 4. The molecule has 0 heterocycles. The van der Waals surface area contributed by atoms with E-state index in [9.17, 15) is 10.1 Å². The van der Waals surface area contributed by atoms with E-state index in [-0.39, 0.29) is 18.0 Å². The average molecular weight is 241 g/mol. The molecule has 0 spiro atoms. The van der Waals surface area contributed by atoms with Gasteiger partial charge >= 0.3 is 5.69 Å². The maximum Gasteiger partial charge on any atom is 0.309 e. The summed E-state index contributed by atoms with van der Waals surface area (Å²) in [5.41, 5.74) is 0.554. The Morgan fingerprint density at radius 2 is 2.06 bits per heavy atom. The molecule has 0 aliphatic rings. The van der Waals surface area contributed by atoms with Crippen molar-refractivity contribution in [1.29, 1.82) is 0 Å². The summed E-state index contributed by atoms with van der Waals surface area (Å²) in [6, 6.07) is 4.41. The zero-order chi connectivity index (χ0) is 12.3. The van der Waals surface area contributed by atoms with Gasteiger partial charge in [0.2, 0.25) is 8.32 Å². The van der Waals surface area contributed by atoms with Crippen LogP contribution < -0.4 is 4.43 Å². The zero-order valence-electron chi connectivity index (χ0n) is 9.56. The van der Waals surface area contributed by atoms with E-state index in [1.807, 2.05) is 19.6 Å². The molecule has 1 N–H and O–H groups in total. The standard InChI is InChI=1S/C10H15NO4Si/c1-16(2,3)15-10-6-8(7-12)4-5-9(10)11(13)14/h4-6,12H,7H2,1-3H3. The summed E-state index contributed by atoms with van der Waals surface area (Å²) < 4.78 is 5.62. The number of hydrogen-bond donors (Lipinski definition) is 1. The molecule has 0 aliphatic heterocycles. The lowest BCUT2D eigenvalue weighted by atomic mass is 10.2. The number of nitrogens with zero attached hydrogens (tertiary/aromatic N) is 1. The first-order valence-corrected chi connectivity index (χ1v) is 8.31. The van der Waals surface area contributed by atoms with Crippen molar-refractivity contribution < 1.29 is 14.5 Å². The molecule has 1 aromatic carbocycles. The molecule has 1 aromatic rings. The van der Waals surface area contributed by atoms with E-state index in [0.717, 1.165) is 0 Å². The Morgan fingerprint density at radius 1 is 1.44 bits per heavy atom. The lowest BCUT2D eigenvalue weighted by Gasteiger charge is -2.19. The van der Waals surface area contributed by atoms with Crippen molar-refractivity contribution in [2.45, 2.75) is 26.2 Å². The minimum Gasteiger partial charge on any atom is -0.540 e. The van der Waals surface area contributed by atoms with Crippen molar-refractivity contribution in [3.63, 3.8) is 0 Å². The molecule has 0 radical (unpaired) electrons. The van der Waals surface area contributed by atoms with Crippen LogP contribution in [0.1, 0.15) is 5.56 Å². The van der Waals surface area contributed by atoms with Gasteiger partial charge in [-0.25, -0.2) is 0 Å². The van der Waals surface area contributed by atoms with Crippen molar-refractivity contribution >= 4 is 14.0 Å². The van der Waals surface area contributed by atoms with E-state index in [4.69, 9.17) is 9.53 Å². The molecule has 0 atom stereocenters. The van der Waals surface area contributed by atoms with Crippen molar-refractivity contribution in [2.24, 2.45) is 0 Å². The van der Waals surface area contributed by atoms with Crippen molar-refractivity contribution in [1.82, 2.24) is 0 Å². The molecular formula is C10H15NO4Si. The fourth-order valence-corrected chi connectivity index (χ4v) is 2.04. The van der Waals surface area contributed by atoms with E-state index in [2.05, 4.69) is 0 Å². The monoisotopic (exact) mass is 241 g/mol. The van der Waals surface area contributed by atoms with Gasteiger partial charge in [-0.2, -0.15) is 0 Å². The highest BCUT2D eigenvalue weighted by Crippen LogP contribution is 2.30. The lowest BCUT2D eigenvalue weighted by molar-refractivity contribution is -0.385. The van der Waals surface area contributed by atoms with Crippen LogP contribution in [0.4, 0.5) is 5.69 Å². The average Bonchev–Trinajstić information content (AvgIpc) is 2.14. The number of nitro benzene ring substituents is 1. The van der Waals surface area contributed by atoms with Crippen LogP contribution in [0.3, 0.4) is 0 Å². The second kappa shape index (κ2) is 4.63. The smallest absolute Gasteiger partial charge is 0.309 e.